The van der Waals surface area contributed by atoms with Crippen LogP contribution in [0.2, 0.25) is 0 Å². The van der Waals surface area contributed by atoms with Crippen LogP contribution in [0.5, 0.6) is 0 Å². The molecule has 1 aliphatic rings. The fraction of sp³-hybridized carbons (Fsp3) is 0.600. The second-order valence-corrected chi connectivity index (χ2v) is 2.91. The summed E-state index contributed by atoms with van der Waals surface area (Å²) >= 11 is 0. The number of ether oxygens (including phenoxy) is 2. The molecule has 0 aromatic carbocycles. The average molecular weight is 186 g/mol. The van der Waals surface area contributed by atoms with E-state index < -0.39 is 6.17 Å². The van der Waals surface area contributed by atoms with Gasteiger partial charge in [-0.05, 0) is 18.2 Å². The van der Waals surface area contributed by atoms with Gasteiger partial charge >= 0.3 is 0 Å². The quantitative estimate of drug-likeness (QED) is 0.613. The van der Waals surface area contributed by atoms with Crippen LogP contribution in [-0.4, -0.2) is 26.5 Å². The van der Waals surface area contributed by atoms with Crippen LogP contribution >= 0.6 is 0 Å². The lowest BCUT2D eigenvalue weighted by Crippen LogP contribution is -2.03. The Kier molecular flexibility index (Phi) is 4.54. The molecular formula is C10H15FO2. The molecular weight excluding hydrogens is 171 g/mol. The third-order valence-corrected chi connectivity index (χ3v) is 1.78. The van der Waals surface area contributed by atoms with Gasteiger partial charge in [0.25, 0.3) is 0 Å². The van der Waals surface area contributed by atoms with Gasteiger partial charge in [-0.25, -0.2) is 4.39 Å². The summed E-state index contributed by atoms with van der Waals surface area (Å²) in [6.07, 6.45) is 5.42. The highest BCUT2D eigenvalue weighted by Gasteiger charge is 2.06. The molecule has 0 amide bonds. The maximum Gasteiger partial charge on any atom is 0.122 e. The van der Waals surface area contributed by atoms with Gasteiger partial charge in [0.15, 0.2) is 0 Å². The van der Waals surface area contributed by atoms with Gasteiger partial charge in [0, 0.05) is 26.6 Å². The van der Waals surface area contributed by atoms with Crippen LogP contribution in [0.1, 0.15) is 12.8 Å². The third-order valence-electron chi connectivity index (χ3n) is 1.78. The Morgan fingerprint density at radius 3 is 3.00 bits per heavy atom. The van der Waals surface area contributed by atoms with Gasteiger partial charge in [-0.3, -0.25) is 0 Å². The number of hydrogen-bond donors (Lipinski definition) is 0. The predicted octanol–water partition coefficient (Wildman–Crippen LogP) is 2.22. The molecule has 1 atom stereocenters. The molecule has 0 bridgehead atoms. The van der Waals surface area contributed by atoms with Gasteiger partial charge in [0.2, 0.25) is 0 Å². The molecule has 13 heavy (non-hydrogen) atoms. The van der Waals surface area contributed by atoms with Crippen molar-refractivity contribution in [3.05, 3.63) is 24.0 Å². The monoisotopic (exact) mass is 186 g/mol. The summed E-state index contributed by atoms with van der Waals surface area (Å²) in [6, 6.07) is 0. The zero-order valence-corrected chi connectivity index (χ0v) is 7.83. The number of hydrogen-bond acceptors (Lipinski definition) is 2. The molecule has 0 radical (unpaired) electrons. The Morgan fingerprint density at radius 2 is 2.38 bits per heavy atom. The molecule has 3 heteroatoms. The van der Waals surface area contributed by atoms with Crippen LogP contribution in [0.4, 0.5) is 4.39 Å². The first-order chi connectivity index (χ1) is 6.33. The van der Waals surface area contributed by atoms with Crippen LogP contribution < -0.4 is 0 Å². The van der Waals surface area contributed by atoms with E-state index in [1.54, 1.807) is 19.3 Å². The van der Waals surface area contributed by atoms with Gasteiger partial charge in [-0.1, -0.05) is 0 Å². The second kappa shape index (κ2) is 5.75. The first kappa shape index (κ1) is 10.3. The normalized spacial score (nSPS) is 21.4. The van der Waals surface area contributed by atoms with Crippen LogP contribution in [0.25, 0.3) is 0 Å². The third kappa shape index (κ3) is 4.08. The van der Waals surface area contributed by atoms with E-state index >= 15 is 0 Å². The van der Waals surface area contributed by atoms with Crippen LogP contribution in [0, 0.1) is 0 Å². The van der Waals surface area contributed by atoms with E-state index in [0.717, 1.165) is 12.2 Å². The van der Waals surface area contributed by atoms with Gasteiger partial charge < -0.3 is 9.47 Å². The highest BCUT2D eigenvalue weighted by atomic mass is 19.1. The summed E-state index contributed by atoms with van der Waals surface area (Å²) in [5.41, 5.74) is 0. The molecule has 0 N–H and O–H groups in total. The first-order valence-electron chi connectivity index (χ1n) is 4.47. The topological polar surface area (TPSA) is 18.5 Å². The maximum absolute atomic E-state index is 12.6. The lowest BCUT2D eigenvalue weighted by atomic mass is 10.1. The summed E-state index contributed by atoms with van der Waals surface area (Å²) in [4.78, 5) is 0. The Balaban J connectivity index is 2.12. The number of allylic oxidation sites excluding steroid dienone is 3. The molecule has 0 spiro atoms. The predicted molar refractivity (Wildman–Crippen MR) is 49.2 cm³/mol. The lowest BCUT2D eigenvalue weighted by Gasteiger charge is -2.11. The van der Waals surface area contributed by atoms with Crippen molar-refractivity contribution in [3.63, 3.8) is 0 Å². The van der Waals surface area contributed by atoms with E-state index in [0.29, 0.717) is 19.6 Å². The Labute approximate surface area is 78.0 Å². The van der Waals surface area contributed by atoms with Gasteiger partial charge in [0.1, 0.15) is 11.9 Å². The summed E-state index contributed by atoms with van der Waals surface area (Å²) < 4.78 is 22.8. The van der Waals surface area contributed by atoms with E-state index in [1.165, 1.54) is 6.08 Å². The van der Waals surface area contributed by atoms with E-state index in [4.69, 9.17) is 9.47 Å². The molecule has 0 saturated carbocycles. The Bertz CT molecular complexity index is 199. The smallest absolute Gasteiger partial charge is 0.122 e. The zero-order chi connectivity index (χ0) is 9.52. The number of methoxy groups -OCH3 is 1. The van der Waals surface area contributed by atoms with Gasteiger partial charge in [-0.2, -0.15) is 0 Å². The highest BCUT2D eigenvalue weighted by Crippen LogP contribution is 2.13. The molecule has 1 rings (SSSR count). The minimum absolute atomic E-state index is 0.427. The van der Waals surface area contributed by atoms with Crippen molar-refractivity contribution in [1.29, 1.82) is 0 Å². The lowest BCUT2D eigenvalue weighted by molar-refractivity contribution is 0.148. The number of alkyl halides is 1. The van der Waals surface area contributed by atoms with Crippen LogP contribution in [0.15, 0.2) is 24.0 Å². The van der Waals surface area contributed by atoms with E-state index in [1.807, 2.05) is 0 Å². The summed E-state index contributed by atoms with van der Waals surface area (Å²) in [5.74, 6) is 0.769. The van der Waals surface area contributed by atoms with Gasteiger partial charge in [0.05, 0.1) is 6.61 Å². The van der Waals surface area contributed by atoms with Crippen molar-refractivity contribution in [1.82, 2.24) is 0 Å². The molecule has 2 nitrogen and oxygen atoms in total. The fourth-order valence-corrected chi connectivity index (χ4v) is 1.07. The van der Waals surface area contributed by atoms with E-state index in [-0.39, 0.29) is 0 Å². The average Bonchev–Trinajstić information content (AvgIpc) is 2.15. The number of halogens is 1. The minimum Gasteiger partial charge on any atom is -0.494 e. The van der Waals surface area contributed by atoms with E-state index in [2.05, 4.69) is 0 Å². The maximum atomic E-state index is 12.6. The summed E-state index contributed by atoms with van der Waals surface area (Å²) in [5, 5.41) is 0. The van der Waals surface area contributed by atoms with Crippen molar-refractivity contribution in [2.24, 2.45) is 0 Å². The minimum atomic E-state index is -0.841. The SMILES string of the molecule is COCCCOC1=CCC(F)C=C1. The molecule has 1 aliphatic carbocycles. The molecule has 0 heterocycles. The summed E-state index contributed by atoms with van der Waals surface area (Å²) in [6.45, 7) is 1.32. The molecule has 0 aromatic rings. The van der Waals surface area contributed by atoms with Crippen molar-refractivity contribution in [3.8, 4) is 0 Å². The van der Waals surface area contributed by atoms with E-state index in [9.17, 15) is 4.39 Å². The standard InChI is InChI=1S/C10H15FO2/c1-12-7-2-8-13-10-5-3-9(11)4-6-10/h3,5-6,9H,2,4,7-8H2,1H3. The molecule has 0 fully saturated rings. The molecule has 1 unspecified atom stereocenters. The number of rotatable bonds is 5. The largest absolute Gasteiger partial charge is 0.494 e. The van der Waals surface area contributed by atoms with Crippen molar-refractivity contribution in [2.45, 2.75) is 19.0 Å². The molecule has 74 valence electrons. The second-order valence-electron chi connectivity index (χ2n) is 2.91. The zero-order valence-electron chi connectivity index (χ0n) is 7.83. The Morgan fingerprint density at radius 1 is 1.54 bits per heavy atom. The van der Waals surface area contributed by atoms with Crippen molar-refractivity contribution >= 4 is 0 Å². The fourth-order valence-electron chi connectivity index (χ4n) is 1.07. The molecule has 0 saturated heterocycles. The first-order valence-corrected chi connectivity index (χ1v) is 4.47. The van der Waals surface area contributed by atoms with Crippen molar-refractivity contribution < 1.29 is 13.9 Å². The van der Waals surface area contributed by atoms with Crippen LogP contribution in [-0.2, 0) is 9.47 Å². The Hall–Kier alpha value is -0.830. The van der Waals surface area contributed by atoms with Crippen LogP contribution in [0.3, 0.4) is 0 Å². The van der Waals surface area contributed by atoms with Gasteiger partial charge in [-0.15, -0.1) is 0 Å². The molecule has 0 aliphatic heterocycles. The summed E-state index contributed by atoms with van der Waals surface area (Å²) in [7, 11) is 1.66. The molecule has 0 aromatic heterocycles. The van der Waals surface area contributed by atoms with Crippen molar-refractivity contribution in [2.75, 3.05) is 20.3 Å². The highest BCUT2D eigenvalue weighted by molar-refractivity contribution is 5.18.